The van der Waals surface area contributed by atoms with Crippen LogP contribution in [0.4, 0.5) is 0 Å². The fourth-order valence-corrected chi connectivity index (χ4v) is 0.700. The molecule has 0 heterocycles. The first-order valence-electron chi connectivity index (χ1n) is 4.00. The molecule has 0 saturated carbocycles. The lowest BCUT2D eigenvalue weighted by molar-refractivity contribution is 0.0980. The number of rotatable bonds is 5. The summed E-state index contributed by atoms with van der Waals surface area (Å²) in [6.07, 6.45) is 0. The van der Waals surface area contributed by atoms with Crippen molar-refractivity contribution in [1.82, 2.24) is 0 Å². The van der Waals surface area contributed by atoms with E-state index in [4.69, 9.17) is 10.5 Å². The van der Waals surface area contributed by atoms with Crippen LogP contribution in [0.3, 0.4) is 0 Å². The topological polar surface area (TPSA) is 35.2 Å². The van der Waals surface area contributed by atoms with Crippen LogP contribution < -0.4 is 5.73 Å². The fourth-order valence-electron chi connectivity index (χ4n) is 0.700. The van der Waals surface area contributed by atoms with Gasteiger partial charge in [-0.25, -0.2) is 0 Å². The van der Waals surface area contributed by atoms with Gasteiger partial charge >= 0.3 is 0 Å². The molecule has 0 aromatic rings. The summed E-state index contributed by atoms with van der Waals surface area (Å²) in [5.74, 6) is 1.16. The van der Waals surface area contributed by atoms with Gasteiger partial charge in [0.1, 0.15) is 0 Å². The van der Waals surface area contributed by atoms with Crippen molar-refractivity contribution >= 4 is 0 Å². The van der Waals surface area contributed by atoms with Crippen molar-refractivity contribution in [3.05, 3.63) is 0 Å². The zero-order valence-corrected chi connectivity index (χ0v) is 7.26. The lowest BCUT2D eigenvalue weighted by Gasteiger charge is -2.17. The lowest BCUT2D eigenvalue weighted by atomic mass is 9.97. The molecular weight excluding hydrogens is 126 g/mol. The first-order valence-corrected chi connectivity index (χ1v) is 4.00. The van der Waals surface area contributed by atoms with Gasteiger partial charge in [-0.2, -0.15) is 0 Å². The lowest BCUT2D eigenvalue weighted by Crippen LogP contribution is -2.22. The Kier molecular flexibility index (Phi) is 5.64. The molecule has 0 aromatic heterocycles. The van der Waals surface area contributed by atoms with Crippen molar-refractivity contribution in [2.75, 3.05) is 19.8 Å². The van der Waals surface area contributed by atoms with E-state index >= 15 is 0 Å². The molecule has 0 radical (unpaired) electrons. The average molecular weight is 145 g/mol. The quantitative estimate of drug-likeness (QED) is 0.632. The largest absolute Gasteiger partial charge is 0.381 e. The molecule has 0 bridgehead atoms. The number of ether oxygens (including phenoxy) is 1. The van der Waals surface area contributed by atoms with Gasteiger partial charge in [-0.1, -0.05) is 13.8 Å². The van der Waals surface area contributed by atoms with Crippen molar-refractivity contribution in [1.29, 1.82) is 0 Å². The van der Waals surface area contributed by atoms with Crippen molar-refractivity contribution in [2.24, 2.45) is 17.6 Å². The minimum atomic E-state index is 0.576. The minimum absolute atomic E-state index is 0.576. The van der Waals surface area contributed by atoms with Gasteiger partial charge in [0, 0.05) is 13.2 Å². The summed E-state index contributed by atoms with van der Waals surface area (Å²) in [5, 5.41) is 0. The molecule has 0 rings (SSSR count). The first kappa shape index (κ1) is 9.92. The second kappa shape index (κ2) is 5.69. The van der Waals surface area contributed by atoms with Gasteiger partial charge in [0.2, 0.25) is 0 Å². The smallest absolute Gasteiger partial charge is 0.0494 e. The summed E-state index contributed by atoms with van der Waals surface area (Å²) in [6, 6.07) is 0. The van der Waals surface area contributed by atoms with Crippen LogP contribution in [0.25, 0.3) is 0 Å². The molecular formula is C8H19NO. The molecule has 0 aromatic carbocycles. The molecule has 0 aliphatic rings. The van der Waals surface area contributed by atoms with Gasteiger partial charge in [-0.05, 0) is 25.3 Å². The molecule has 0 amide bonds. The SMILES string of the molecule is CCOCC(C)C(C)CN. The van der Waals surface area contributed by atoms with Crippen LogP contribution in [0.2, 0.25) is 0 Å². The molecule has 2 atom stereocenters. The summed E-state index contributed by atoms with van der Waals surface area (Å²) < 4.78 is 5.26. The van der Waals surface area contributed by atoms with E-state index in [1.807, 2.05) is 6.92 Å². The van der Waals surface area contributed by atoms with E-state index in [2.05, 4.69) is 13.8 Å². The molecule has 0 spiro atoms. The van der Waals surface area contributed by atoms with Gasteiger partial charge in [0.15, 0.2) is 0 Å². The minimum Gasteiger partial charge on any atom is -0.381 e. The maximum absolute atomic E-state index is 5.49. The van der Waals surface area contributed by atoms with E-state index in [0.29, 0.717) is 11.8 Å². The highest BCUT2D eigenvalue weighted by Gasteiger charge is 2.09. The zero-order valence-electron chi connectivity index (χ0n) is 7.26. The Morgan fingerprint density at radius 2 is 1.90 bits per heavy atom. The number of hydrogen-bond donors (Lipinski definition) is 1. The third-order valence-corrected chi connectivity index (χ3v) is 1.93. The molecule has 0 saturated heterocycles. The van der Waals surface area contributed by atoms with Crippen molar-refractivity contribution in [2.45, 2.75) is 20.8 Å². The highest BCUT2D eigenvalue weighted by atomic mass is 16.5. The maximum atomic E-state index is 5.49. The van der Waals surface area contributed by atoms with Crippen LogP contribution in [0, 0.1) is 11.8 Å². The van der Waals surface area contributed by atoms with Gasteiger partial charge in [0.25, 0.3) is 0 Å². The van der Waals surface area contributed by atoms with Crippen LogP contribution in [-0.4, -0.2) is 19.8 Å². The summed E-state index contributed by atoms with van der Waals surface area (Å²) >= 11 is 0. The second-order valence-corrected chi connectivity index (χ2v) is 2.85. The van der Waals surface area contributed by atoms with Crippen LogP contribution in [-0.2, 0) is 4.74 Å². The maximum Gasteiger partial charge on any atom is 0.0494 e. The van der Waals surface area contributed by atoms with Crippen molar-refractivity contribution in [3.63, 3.8) is 0 Å². The summed E-state index contributed by atoms with van der Waals surface area (Å²) in [7, 11) is 0. The summed E-state index contributed by atoms with van der Waals surface area (Å²) in [5.41, 5.74) is 5.49. The average Bonchev–Trinajstić information content (AvgIpc) is 1.98. The Morgan fingerprint density at radius 1 is 1.30 bits per heavy atom. The Bertz CT molecular complexity index is 75.7. The second-order valence-electron chi connectivity index (χ2n) is 2.85. The monoisotopic (exact) mass is 145 g/mol. The third kappa shape index (κ3) is 3.85. The highest BCUT2D eigenvalue weighted by molar-refractivity contribution is 4.60. The highest BCUT2D eigenvalue weighted by Crippen LogP contribution is 2.08. The predicted molar refractivity (Wildman–Crippen MR) is 43.9 cm³/mol. The van der Waals surface area contributed by atoms with Crippen molar-refractivity contribution in [3.8, 4) is 0 Å². The Morgan fingerprint density at radius 3 is 2.30 bits per heavy atom. The number of hydrogen-bond acceptors (Lipinski definition) is 2. The van der Waals surface area contributed by atoms with Crippen LogP contribution in [0.5, 0.6) is 0 Å². The standard InChI is InChI=1S/C8H19NO/c1-4-10-6-8(3)7(2)5-9/h7-8H,4-6,9H2,1-3H3. The van der Waals surface area contributed by atoms with Crippen LogP contribution in [0.15, 0.2) is 0 Å². The Labute approximate surface area is 63.7 Å². The predicted octanol–water partition coefficient (Wildman–Crippen LogP) is 1.25. The molecule has 62 valence electrons. The summed E-state index contributed by atoms with van der Waals surface area (Å²) in [6.45, 7) is 8.75. The molecule has 0 aliphatic carbocycles. The fraction of sp³-hybridized carbons (Fsp3) is 1.00. The summed E-state index contributed by atoms with van der Waals surface area (Å²) in [4.78, 5) is 0. The molecule has 0 aliphatic heterocycles. The van der Waals surface area contributed by atoms with Crippen molar-refractivity contribution < 1.29 is 4.74 Å². The normalized spacial score (nSPS) is 16.8. The molecule has 2 heteroatoms. The zero-order chi connectivity index (χ0) is 7.98. The van der Waals surface area contributed by atoms with Crippen LogP contribution in [0.1, 0.15) is 20.8 Å². The van der Waals surface area contributed by atoms with E-state index in [1.54, 1.807) is 0 Å². The Hall–Kier alpha value is -0.0800. The van der Waals surface area contributed by atoms with Gasteiger partial charge in [0.05, 0.1) is 0 Å². The van der Waals surface area contributed by atoms with Gasteiger partial charge < -0.3 is 10.5 Å². The van der Waals surface area contributed by atoms with E-state index < -0.39 is 0 Å². The van der Waals surface area contributed by atoms with Crippen LogP contribution >= 0.6 is 0 Å². The van der Waals surface area contributed by atoms with Gasteiger partial charge in [-0.15, -0.1) is 0 Å². The van der Waals surface area contributed by atoms with Gasteiger partial charge in [-0.3, -0.25) is 0 Å². The molecule has 10 heavy (non-hydrogen) atoms. The molecule has 2 nitrogen and oxygen atoms in total. The Balaban J connectivity index is 3.31. The third-order valence-electron chi connectivity index (χ3n) is 1.93. The molecule has 0 fully saturated rings. The molecule has 2 N–H and O–H groups in total. The number of nitrogens with two attached hydrogens (primary N) is 1. The van der Waals surface area contributed by atoms with E-state index in [9.17, 15) is 0 Å². The van der Waals surface area contributed by atoms with E-state index in [1.165, 1.54) is 0 Å². The molecule has 2 unspecified atom stereocenters. The van der Waals surface area contributed by atoms with E-state index in [0.717, 1.165) is 19.8 Å². The first-order chi connectivity index (χ1) is 4.72. The van der Waals surface area contributed by atoms with E-state index in [-0.39, 0.29) is 0 Å².